The van der Waals surface area contributed by atoms with E-state index in [0.29, 0.717) is 18.1 Å². The Bertz CT molecular complexity index is 877. The monoisotopic (exact) mass is 384 g/mol. The zero-order valence-electron chi connectivity index (χ0n) is 15.3. The van der Waals surface area contributed by atoms with Crippen LogP contribution in [0.3, 0.4) is 0 Å². The molecule has 6 heteroatoms. The van der Waals surface area contributed by atoms with Crippen molar-refractivity contribution in [3.63, 3.8) is 0 Å². The van der Waals surface area contributed by atoms with Crippen molar-refractivity contribution >= 4 is 28.6 Å². The van der Waals surface area contributed by atoms with Crippen LogP contribution in [-0.4, -0.2) is 47.8 Å². The number of carbonyl (C=O) groups excluding carboxylic acids is 1. The second kappa shape index (κ2) is 9.48. The molecule has 0 radical (unpaired) electrons. The van der Waals surface area contributed by atoms with Crippen molar-refractivity contribution in [2.24, 2.45) is 0 Å². The number of ether oxygens (including phenoxy) is 1. The minimum atomic E-state index is -0.0215. The molecule has 0 unspecified atom stereocenters. The molecular weight excluding hydrogens is 360 g/mol. The molecule has 3 rings (SSSR count). The molecule has 0 aliphatic rings. The fraction of sp³-hybridized carbons (Fsp3) is 0.286. The average Bonchev–Trinajstić information content (AvgIpc) is 3.13. The lowest BCUT2D eigenvalue weighted by Gasteiger charge is -2.18. The fourth-order valence-corrected chi connectivity index (χ4v) is 3.68. The first-order valence-electron chi connectivity index (χ1n) is 8.88. The van der Waals surface area contributed by atoms with Crippen molar-refractivity contribution in [3.8, 4) is 5.75 Å². The number of methoxy groups -OCH3 is 1. The number of aromatic amines is 1. The van der Waals surface area contributed by atoms with Gasteiger partial charge in [0.2, 0.25) is 5.91 Å². The highest BCUT2D eigenvalue weighted by Crippen LogP contribution is 2.31. The Balaban J connectivity index is 1.83. The van der Waals surface area contributed by atoms with Crippen LogP contribution in [0.1, 0.15) is 17.0 Å². The zero-order chi connectivity index (χ0) is 19.1. The Hall–Kier alpha value is -2.44. The fourth-order valence-electron chi connectivity index (χ4n) is 3.12. The first kappa shape index (κ1) is 19.3. The summed E-state index contributed by atoms with van der Waals surface area (Å²) >= 11 is 1.43. The Labute approximate surface area is 163 Å². The number of nitrogens with one attached hydrogen (secondary N) is 2. The summed E-state index contributed by atoms with van der Waals surface area (Å²) < 4.78 is 5.26. The maximum Gasteiger partial charge on any atom is 0.230 e. The van der Waals surface area contributed by atoms with Crippen molar-refractivity contribution in [1.29, 1.82) is 0 Å². The van der Waals surface area contributed by atoms with Gasteiger partial charge >= 0.3 is 0 Å². The molecule has 1 heterocycles. The first-order valence-corrected chi connectivity index (χ1v) is 10.0. The van der Waals surface area contributed by atoms with Gasteiger partial charge in [-0.25, -0.2) is 0 Å². The standard InChI is InChI=1S/C21H24N2O3S/c1-26-16-8-6-15(7-9-16)18(12-23-21(25)14-27-11-10-24)19-13-22-20-5-3-2-4-17(19)20/h2-9,13,18,22,24H,10-12,14H2,1H3,(H,23,25)/t18-/m1/s1. The van der Waals surface area contributed by atoms with Gasteiger partial charge in [-0.15, -0.1) is 11.8 Å². The molecule has 142 valence electrons. The normalized spacial score (nSPS) is 12.1. The molecule has 2 aromatic carbocycles. The van der Waals surface area contributed by atoms with Crippen LogP contribution in [0.25, 0.3) is 10.9 Å². The van der Waals surface area contributed by atoms with Crippen LogP contribution in [0.15, 0.2) is 54.7 Å². The third kappa shape index (κ3) is 4.84. The Morgan fingerprint density at radius 1 is 1.22 bits per heavy atom. The smallest absolute Gasteiger partial charge is 0.230 e. The third-order valence-corrected chi connectivity index (χ3v) is 5.42. The van der Waals surface area contributed by atoms with E-state index in [-0.39, 0.29) is 18.4 Å². The van der Waals surface area contributed by atoms with Gasteiger partial charge in [-0.3, -0.25) is 4.79 Å². The van der Waals surface area contributed by atoms with E-state index in [4.69, 9.17) is 9.84 Å². The van der Waals surface area contributed by atoms with Gasteiger partial charge in [-0.2, -0.15) is 0 Å². The Kier molecular flexibility index (Phi) is 6.79. The SMILES string of the molecule is COc1ccc([C@@H](CNC(=O)CSCCO)c2c[nH]c3ccccc23)cc1. The highest BCUT2D eigenvalue weighted by atomic mass is 32.2. The number of thioether (sulfide) groups is 1. The highest BCUT2D eigenvalue weighted by molar-refractivity contribution is 7.99. The van der Waals surface area contributed by atoms with Gasteiger partial charge in [0, 0.05) is 35.3 Å². The number of para-hydroxylation sites is 1. The van der Waals surface area contributed by atoms with E-state index < -0.39 is 0 Å². The Morgan fingerprint density at radius 2 is 2.00 bits per heavy atom. The number of hydrogen-bond acceptors (Lipinski definition) is 4. The summed E-state index contributed by atoms with van der Waals surface area (Å²) in [6.07, 6.45) is 2.02. The number of amides is 1. The molecule has 0 saturated carbocycles. The number of fused-ring (bicyclic) bond motifs is 1. The number of benzene rings is 2. The van der Waals surface area contributed by atoms with E-state index in [1.54, 1.807) is 7.11 Å². The molecule has 5 nitrogen and oxygen atoms in total. The zero-order valence-corrected chi connectivity index (χ0v) is 16.1. The van der Waals surface area contributed by atoms with Gasteiger partial charge in [0.1, 0.15) is 5.75 Å². The largest absolute Gasteiger partial charge is 0.497 e. The number of carbonyl (C=O) groups is 1. The molecule has 27 heavy (non-hydrogen) atoms. The van der Waals surface area contributed by atoms with E-state index in [1.165, 1.54) is 11.8 Å². The number of H-pyrrole nitrogens is 1. The van der Waals surface area contributed by atoms with Crippen LogP contribution in [0.4, 0.5) is 0 Å². The number of aliphatic hydroxyl groups excluding tert-OH is 1. The topological polar surface area (TPSA) is 74.3 Å². The van der Waals surface area contributed by atoms with Crippen LogP contribution in [0.5, 0.6) is 5.75 Å². The van der Waals surface area contributed by atoms with Crippen molar-refractivity contribution in [1.82, 2.24) is 10.3 Å². The van der Waals surface area contributed by atoms with Crippen molar-refractivity contribution in [2.45, 2.75) is 5.92 Å². The van der Waals surface area contributed by atoms with Gasteiger partial charge in [-0.1, -0.05) is 30.3 Å². The maximum atomic E-state index is 12.1. The lowest BCUT2D eigenvalue weighted by molar-refractivity contribution is -0.118. The molecule has 1 aromatic heterocycles. The van der Waals surface area contributed by atoms with Gasteiger partial charge in [0.25, 0.3) is 0 Å². The second-order valence-electron chi connectivity index (χ2n) is 6.20. The molecule has 0 aliphatic carbocycles. The van der Waals surface area contributed by atoms with Gasteiger partial charge in [0.15, 0.2) is 0 Å². The molecule has 3 N–H and O–H groups in total. The average molecular weight is 385 g/mol. The van der Waals surface area contributed by atoms with Gasteiger partial charge in [-0.05, 0) is 29.3 Å². The molecule has 0 spiro atoms. The quantitative estimate of drug-likeness (QED) is 0.496. The molecule has 0 fully saturated rings. The Morgan fingerprint density at radius 3 is 2.74 bits per heavy atom. The van der Waals surface area contributed by atoms with Crippen molar-refractivity contribution in [2.75, 3.05) is 31.8 Å². The predicted octanol–water partition coefficient (Wildman–Crippen LogP) is 3.15. The number of aromatic nitrogens is 1. The molecule has 1 atom stereocenters. The maximum absolute atomic E-state index is 12.1. The summed E-state index contributed by atoms with van der Waals surface area (Å²) in [4.78, 5) is 15.5. The van der Waals surface area contributed by atoms with Gasteiger partial charge in [0.05, 0.1) is 19.5 Å². The summed E-state index contributed by atoms with van der Waals surface area (Å²) in [5, 5.41) is 13.0. The first-order chi connectivity index (χ1) is 13.2. The number of hydrogen-bond donors (Lipinski definition) is 3. The van der Waals surface area contributed by atoms with Crippen LogP contribution in [0.2, 0.25) is 0 Å². The van der Waals surface area contributed by atoms with E-state index in [1.807, 2.05) is 48.7 Å². The number of rotatable bonds is 9. The van der Waals surface area contributed by atoms with Crippen LogP contribution in [-0.2, 0) is 4.79 Å². The van der Waals surface area contributed by atoms with Gasteiger partial charge < -0.3 is 20.1 Å². The van der Waals surface area contributed by atoms with E-state index >= 15 is 0 Å². The lowest BCUT2D eigenvalue weighted by Crippen LogP contribution is -2.30. The predicted molar refractivity (Wildman–Crippen MR) is 111 cm³/mol. The second-order valence-corrected chi connectivity index (χ2v) is 7.30. The van der Waals surface area contributed by atoms with E-state index in [9.17, 15) is 4.79 Å². The minimum absolute atomic E-state index is 0.0215. The van der Waals surface area contributed by atoms with Crippen LogP contribution >= 0.6 is 11.8 Å². The van der Waals surface area contributed by atoms with Crippen LogP contribution < -0.4 is 10.1 Å². The highest BCUT2D eigenvalue weighted by Gasteiger charge is 2.19. The molecule has 1 amide bonds. The summed E-state index contributed by atoms with van der Waals surface area (Å²) in [6.45, 7) is 0.592. The molecule has 0 saturated heterocycles. The minimum Gasteiger partial charge on any atom is -0.497 e. The third-order valence-electron chi connectivity index (χ3n) is 4.49. The van der Waals surface area contributed by atoms with Crippen molar-refractivity contribution < 1.29 is 14.6 Å². The van der Waals surface area contributed by atoms with Crippen LogP contribution in [0, 0.1) is 0 Å². The summed E-state index contributed by atoms with van der Waals surface area (Å²) in [5.41, 5.74) is 3.35. The summed E-state index contributed by atoms with van der Waals surface area (Å²) in [7, 11) is 1.65. The summed E-state index contributed by atoms with van der Waals surface area (Å²) in [5.74, 6) is 1.73. The number of aliphatic hydroxyl groups is 1. The van der Waals surface area contributed by atoms with E-state index in [0.717, 1.165) is 27.8 Å². The van der Waals surface area contributed by atoms with Crippen molar-refractivity contribution in [3.05, 3.63) is 65.9 Å². The molecule has 3 aromatic rings. The summed E-state index contributed by atoms with van der Waals surface area (Å²) in [6, 6.07) is 16.1. The van der Waals surface area contributed by atoms with E-state index in [2.05, 4.69) is 16.4 Å². The molecule has 0 aliphatic heterocycles. The molecule has 0 bridgehead atoms. The molecular formula is C21H24N2O3S. The lowest BCUT2D eigenvalue weighted by atomic mass is 9.91.